The van der Waals surface area contributed by atoms with Crippen molar-refractivity contribution < 1.29 is 9.53 Å². The molecule has 0 bridgehead atoms. The summed E-state index contributed by atoms with van der Waals surface area (Å²) in [5.74, 6) is 0.0549. The third kappa shape index (κ3) is 4.51. The fraction of sp³-hybridized carbons (Fsp3) is 0.562. The van der Waals surface area contributed by atoms with Gasteiger partial charge in [-0.05, 0) is 24.5 Å². The molecule has 0 spiro atoms. The molecule has 1 heterocycles. The van der Waals surface area contributed by atoms with Crippen molar-refractivity contribution in [3.05, 3.63) is 29.8 Å². The van der Waals surface area contributed by atoms with Gasteiger partial charge in [-0.3, -0.25) is 4.79 Å². The van der Waals surface area contributed by atoms with Gasteiger partial charge in [0.1, 0.15) is 0 Å². The Morgan fingerprint density at radius 2 is 1.87 bits per heavy atom. The summed E-state index contributed by atoms with van der Waals surface area (Å²) in [6.07, 6.45) is 1.61. The summed E-state index contributed by atoms with van der Waals surface area (Å²) < 4.78 is 5.41. The van der Waals surface area contributed by atoms with E-state index in [2.05, 4.69) is 17.0 Å². The van der Waals surface area contributed by atoms with Gasteiger partial charge in [-0.1, -0.05) is 18.2 Å². The fourth-order valence-corrected chi connectivity index (χ4v) is 2.81. The van der Waals surface area contributed by atoms with Crippen molar-refractivity contribution in [1.82, 2.24) is 4.90 Å². The summed E-state index contributed by atoms with van der Waals surface area (Å²) in [5, 5.41) is 0. The molecule has 23 heavy (non-hydrogen) atoms. The number of para-hydroxylation sites is 1. The number of benzene rings is 1. The number of nitrogens with zero attached hydrogens (tertiary/aromatic N) is 2. The van der Waals surface area contributed by atoms with Crippen molar-refractivity contribution in [2.45, 2.75) is 24.9 Å². The number of carbonyl (C=O) groups is 1. The van der Waals surface area contributed by atoms with Gasteiger partial charge in [0.2, 0.25) is 5.91 Å². The molecule has 130 valence electrons. The second-order valence-electron chi connectivity index (χ2n) is 6.05. The zero-order valence-corrected chi connectivity index (χ0v) is 15.0. The first-order chi connectivity index (χ1) is 10.1. The molecule has 1 amide bonds. The van der Waals surface area contributed by atoms with Crippen molar-refractivity contribution in [3.63, 3.8) is 0 Å². The summed E-state index contributed by atoms with van der Waals surface area (Å²) in [5.41, 5.74) is 7.78. The molecule has 5 nitrogen and oxygen atoms in total. The van der Waals surface area contributed by atoms with E-state index in [0.29, 0.717) is 6.54 Å². The van der Waals surface area contributed by atoms with E-state index in [9.17, 15) is 4.79 Å². The van der Waals surface area contributed by atoms with Crippen LogP contribution in [0.4, 0.5) is 5.69 Å². The number of carbonyl (C=O) groups excluding carboxylic acids is 1. The van der Waals surface area contributed by atoms with Crippen LogP contribution in [0, 0.1) is 0 Å². The topological polar surface area (TPSA) is 58.8 Å². The van der Waals surface area contributed by atoms with E-state index in [1.165, 1.54) is 11.3 Å². The minimum Gasteiger partial charge on any atom is -0.378 e. The maximum absolute atomic E-state index is 12.3. The second-order valence-corrected chi connectivity index (χ2v) is 6.05. The van der Waals surface area contributed by atoms with E-state index in [1.54, 1.807) is 4.90 Å². The van der Waals surface area contributed by atoms with Crippen molar-refractivity contribution in [2.75, 3.05) is 38.3 Å². The molecule has 7 heteroatoms. The molecule has 2 fully saturated rings. The Bertz CT molecular complexity index is 532. The molecule has 1 aliphatic heterocycles. The molecule has 1 aromatic rings. The molecule has 2 aliphatic rings. The number of morpholine rings is 1. The van der Waals surface area contributed by atoms with Crippen molar-refractivity contribution in [2.24, 2.45) is 5.73 Å². The van der Waals surface area contributed by atoms with Gasteiger partial charge in [0.15, 0.2) is 0 Å². The summed E-state index contributed by atoms with van der Waals surface area (Å²) >= 11 is 0. The molecule has 0 unspecified atom stereocenters. The normalized spacial score (nSPS) is 18.4. The van der Waals surface area contributed by atoms with Crippen molar-refractivity contribution in [1.29, 1.82) is 0 Å². The molecule has 1 saturated heterocycles. The summed E-state index contributed by atoms with van der Waals surface area (Å²) in [6, 6.07) is 8.27. The first kappa shape index (κ1) is 20.0. The molecular formula is C16H25Cl2N3O2. The number of rotatable bonds is 4. The third-order valence-electron chi connectivity index (χ3n) is 4.31. The van der Waals surface area contributed by atoms with Gasteiger partial charge in [0, 0.05) is 32.4 Å². The number of hydrogen-bond donors (Lipinski definition) is 1. The molecule has 1 aliphatic carbocycles. The Balaban J connectivity index is 0.00000132. The molecule has 0 aromatic heterocycles. The van der Waals surface area contributed by atoms with Crippen LogP contribution in [-0.2, 0) is 16.1 Å². The van der Waals surface area contributed by atoms with Crippen molar-refractivity contribution in [3.8, 4) is 0 Å². The number of likely N-dealkylation sites (N-methyl/N-ethyl adjacent to an activating group) is 1. The predicted molar refractivity (Wildman–Crippen MR) is 96.6 cm³/mol. The van der Waals surface area contributed by atoms with Crippen molar-refractivity contribution >= 4 is 36.4 Å². The Kier molecular flexibility index (Phi) is 7.14. The van der Waals surface area contributed by atoms with Gasteiger partial charge >= 0.3 is 0 Å². The number of halogens is 2. The minimum absolute atomic E-state index is 0. The molecule has 1 saturated carbocycles. The monoisotopic (exact) mass is 361 g/mol. The summed E-state index contributed by atoms with van der Waals surface area (Å²) in [7, 11) is 1.84. The van der Waals surface area contributed by atoms with E-state index in [4.69, 9.17) is 10.5 Å². The van der Waals surface area contributed by atoms with Gasteiger partial charge in [-0.25, -0.2) is 0 Å². The molecule has 2 N–H and O–H groups in total. The van der Waals surface area contributed by atoms with Gasteiger partial charge in [0.25, 0.3) is 0 Å². The Labute approximate surface area is 150 Å². The first-order valence-electron chi connectivity index (χ1n) is 7.55. The van der Waals surface area contributed by atoms with Crippen LogP contribution in [0.2, 0.25) is 0 Å². The van der Waals surface area contributed by atoms with Gasteiger partial charge in [-0.2, -0.15) is 0 Å². The lowest BCUT2D eigenvalue weighted by atomic mass is 10.1. The Morgan fingerprint density at radius 3 is 2.48 bits per heavy atom. The zero-order valence-electron chi connectivity index (χ0n) is 13.4. The van der Waals surface area contributed by atoms with Crippen LogP contribution in [0.5, 0.6) is 0 Å². The Morgan fingerprint density at radius 1 is 1.26 bits per heavy atom. The van der Waals surface area contributed by atoms with Gasteiger partial charge < -0.3 is 20.3 Å². The van der Waals surface area contributed by atoms with Gasteiger partial charge in [-0.15, -0.1) is 24.8 Å². The predicted octanol–water partition coefficient (Wildman–Crippen LogP) is 1.82. The average Bonchev–Trinajstić information content (AvgIpc) is 3.27. The quantitative estimate of drug-likeness (QED) is 0.888. The maximum atomic E-state index is 12.3. The smallest absolute Gasteiger partial charge is 0.242 e. The highest BCUT2D eigenvalue weighted by Crippen LogP contribution is 2.34. The van der Waals surface area contributed by atoms with Crippen LogP contribution in [0.3, 0.4) is 0 Å². The summed E-state index contributed by atoms with van der Waals surface area (Å²) in [4.78, 5) is 16.4. The number of nitrogens with two attached hydrogens (primary N) is 1. The lowest BCUT2D eigenvalue weighted by Crippen LogP contribution is -2.43. The molecule has 0 radical (unpaired) electrons. The highest BCUT2D eigenvalue weighted by atomic mass is 35.5. The third-order valence-corrected chi connectivity index (χ3v) is 4.31. The maximum Gasteiger partial charge on any atom is 0.242 e. The minimum atomic E-state index is -0.595. The summed E-state index contributed by atoms with van der Waals surface area (Å²) in [6.45, 7) is 3.92. The highest BCUT2D eigenvalue weighted by Gasteiger charge is 2.47. The lowest BCUT2D eigenvalue weighted by Gasteiger charge is -2.31. The molecule has 3 rings (SSSR count). The molecule has 0 atom stereocenters. The van der Waals surface area contributed by atoms with Crippen LogP contribution in [0.15, 0.2) is 24.3 Å². The van der Waals surface area contributed by atoms with E-state index >= 15 is 0 Å². The standard InChI is InChI=1S/C16H23N3O2.2ClH/c1-18(15(20)16(17)6-7-16)12-13-4-2-3-5-14(13)19-8-10-21-11-9-19;;/h2-5H,6-12,17H2,1H3;2*1H. The molecule has 1 aromatic carbocycles. The number of ether oxygens (including phenoxy) is 1. The van der Waals surface area contributed by atoms with E-state index in [0.717, 1.165) is 39.1 Å². The van der Waals surface area contributed by atoms with E-state index in [-0.39, 0.29) is 30.7 Å². The van der Waals surface area contributed by atoms with Crippen LogP contribution >= 0.6 is 24.8 Å². The van der Waals surface area contributed by atoms with Crippen LogP contribution in [-0.4, -0.2) is 49.7 Å². The lowest BCUT2D eigenvalue weighted by molar-refractivity contribution is -0.132. The highest BCUT2D eigenvalue weighted by molar-refractivity contribution is 5.89. The second kappa shape index (κ2) is 8.20. The SMILES string of the molecule is CN(Cc1ccccc1N1CCOCC1)C(=O)C1(N)CC1.Cl.Cl. The fourth-order valence-electron chi connectivity index (χ4n) is 2.81. The number of amides is 1. The van der Waals surface area contributed by atoms with Gasteiger partial charge in [0.05, 0.1) is 18.8 Å². The van der Waals surface area contributed by atoms with Crippen LogP contribution in [0.25, 0.3) is 0 Å². The Hall–Kier alpha value is -1.01. The van der Waals surface area contributed by atoms with E-state index in [1.807, 2.05) is 19.2 Å². The number of hydrogen-bond acceptors (Lipinski definition) is 4. The average molecular weight is 362 g/mol. The number of anilines is 1. The van der Waals surface area contributed by atoms with Crippen LogP contribution in [0.1, 0.15) is 18.4 Å². The van der Waals surface area contributed by atoms with E-state index < -0.39 is 5.54 Å². The first-order valence-corrected chi connectivity index (χ1v) is 7.55. The largest absolute Gasteiger partial charge is 0.378 e. The molecular weight excluding hydrogens is 337 g/mol. The zero-order chi connectivity index (χ0) is 14.9. The van der Waals surface area contributed by atoms with Crippen LogP contribution < -0.4 is 10.6 Å².